The second kappa shape index (κ2) is 5.07. The Labute approximate surface area is 95.2 Å². The lowest BCUT2D eigenvalue weighted by molar-refractivity contribution is 0.0415. The molecular formula is C12H16N2O2. The van der Waals surface area contributed by atoms with Crippen LogP contribution >= 0.6 is 0 Å². The van der Waals surface area contributed by atoms with Crippen molar-refractivity contribution in [3.05, 3.63) is 30.1 Å². The smallest absolute Gasteiger partial charge is 0.339 e. The third-order valence-corrected chi connectivity index (χ3v) is 2.98. The highest BCUT2D eigenvalue weighted by Crippen LogP contribution is 2.15. The molecule has 16 heavy (non-hydrogen) atoms. The molecule has 1 unspecified atom stereocenters. The molecule has 4 nitrogen and oxygen atoms in total. The van der Waals surface area contributed by atoms with Gasteiger partial charge in [0.1, 0.15) is 6.61 Å². The molecule has 2 rings (SSSR count). The summed E-state index contributed by atoms with van der Waals surface area (Å²) in [5, 5.41) is 0. The lowest BCUT2D eigenvalue weighted by atomic mass is 10.2. The highest BCUT2D eigenvalue weighted by molar-refractivity contribution is 5.88. The van der Waals surface area contributed by atoms with Gasteiger partial charge in [0.15, 0.2) is 0 Å². The van der Waals surface area contributed by atoms with Gasteiger partial charge in [-0.05, 0) is 38.6 Å². The highest BCUT2D eigenvalue weighted by atomic mass is 16.5. The molecule has 0 N–H and O–H groups in total. The molecular weight excluding hydrogens is 204 g/mol. The van der Waals surface area contributed by atoms with Crippen LogP contribution in [0.4, 0.5) is 0 Å². The number of pyridine rings is 1. The van der Waals surface area contributed by atoms with Crippen molar-refractivity contribution < 1.29 is 9.53 Å². The number of rotatable bonds is 3. The lowest BCUT2D eigenvalue weighted by Crippen LogP contribution is -2.30. The molecule has 1 aliphatic heterocycles. The first kappa shape index (κ1) is 11.1. The number of ether oxygens (including phenoxy) is 1. The summed E-state index contributed by atoms with van der Waals surface area (Å²) in [6.07, 6.45) is 5.46. The van der Waals surface area contributed by atoms with Gasteiger partial charge in [-0.15, -0.1) is 0 Å². The normalized spacial score (nSPS) is 20.9. The van der Waals surface area contributed by atoms with E-state index in [9.17, 15) is 4.79 Å². The zero-order valence-electron chi connectivity index (χ0n) is 9.43. The summed E-state index contributed by atoms with van der Waals surface area (Å²) in [6.45, 7) is 1.57. The second-order valence-corrected chi connectivity index (χ2v) is 4.12. The van der Waals surface area contributed by atoms with E-state index in [1.54, 1.807) is 18.3 Å². The van der Waals surface area contributed by atoms with Crippen LogP contribution in [0.1, 0.15) is 23.2 Å². The van der Waals surface area contributed by atoms with E-state index in [0.29, 0.717) is 18.2 Å². The number of carbonyl (C=O) groups excluding carboxylic acids is 1. The minimum absolute atomic E-state index is 0.284. The Morgan fingerprint density at radius 1 is 1.69 bits per heavy atom. The predicted octanol–water partition coefficient (Wildman–Crippen LogP) is 1.33. The van der Waals surface area contributed by atoms with Crippen LogP contribution in [-0.2, 0) is 4.74 Å². The van der Waals surface area contributed by atoms with Crippen LogP contribution < -0.4 is 0 Å². The molecule has 2 heterocycles. The molecule has 0 spiro atoms. The number of likely N-dealkylation sites (N-methyl/N-ethyl adjacent to an activating group) is 1. The fourth-order valence-corrected chi connectivity index (χ4v) is 1.93. The van der Waals surface area contributed by atoms with Crippen LogP contribution in [0.3, 0.4) is 0 Å². The molecule has 1 aromatic rings. The second-order valence-electron chi connectivity index (χ2n) is 4.12. The van der Waals surface area contributed by atoms with Crippen LogP contribution in [0.15, 0.2) is 24.5 Å². The average molecular weight is 220 g/mol. The predicted molar refractivity (Wildman–Crippen MR) is 60.2 cm³/mol. The molecule has 1 saturated heterocycles. The van der Waals surface area contributed by atoms with Crippen molar-refractivity contribution in [1.82, 2.24) is 9.88 Å². The van der Waals surface area contributed by atoms with Gasteiger partial charge in [-0.3, -0.25) is 4.98 Å². The van der Waals surface area contributed by atoms with Crippen molar-refractivity contribution in [1.29, 1.82) is 0 Å². The number of nitrogens with zero attached hydrogens (tertiary/aromatic N) is 2. The number of carbonyl (C=O) groups is 1. The third-order valence-electron chi connectivity index (χ3n) is 2.98. The highest BCUT2D eigenvalue weighted by Gasteiger charge is 2.22. The van der Waals surface area contributed by atoms with E-state index in [-0.39, 0.29) is 5.97 Å². The molecule has 86 valence electrons. The van der Waals surface area contributed by atoms with Crippen molar-refractivity contribution in [3.8, 4) is 0 Å². The number of hydrogen-bond donors (Lipinski definition) is 0. The van der Waals surface area contributed by atoms with Gasteiger partial charge in [-0.2, -0.15) is 0 Å². The van der Waals surface area contributed by atoms with Crippen molar-refractivity contribution in [2.24, 2.45) is 0 Å². The van der Waals surface area contributed by atoms with E-state index in [2.05, 4.69) is 16.9 Å². The van der Waals surface area contributed by atoms with E-state index in [1.807, 2.05) is 0 Å². The summed E-state index contributed by atoms with van der Waals surface area (Å²) in [5.74, 6) is -0.284. The van der Waals surface area contributed by atoms with Gasteiger partial charge in [0.2, 0.25) is 0 Å². The number of aromatic nitrogens is 1. The number of esters is 1. The minimum Gasteiger partial charge on any atom is -0.460 e. The van der Waals surface area contributed by atoms with Crippen molar-refractivity contribution >= 4 is 5.97 Å². The quantitative estimate of drug-likeness (QED) is 0.721. The fraction of sp³-hybridized carbons (Fsp3) is 0.500. The van der Waals surface area contributed by atoms with Crippen LogP contribution in [0, 0.1) is 0 Å². The summed E-state index contributed by atoms with van der Waals surface area (Å²) in [7, 11) is 2.07. The molecule has 1 aromatic heterocycles. The molecule has 0 saturated carbocycles. The Kier molecular flexibility index (Phi) is 3.51. The standard InChI is InChI=1S/C12H16N2O2/c1-14-7-3-5-11(14)9-16-12(15)10-4-2-6-13-8-10/h2,4,6,8,11H,3,5,7,9H2,1H3. The van der Waals surface area contributed by atoms with Crippen LogP contribution in [0.2, 0.25) is 0 Å². The minimum atomic E-state index is -0.284. The zero-order valence-corrected chi connectivity index (χ0v) is 9.43. The van der Waals surface area contributed by atoms with E-state index in [4.69, 9.17) is 4.74 Å². The third kappa shape index (κ3) is 2.58. The first-order chi connectivity index (χ1) is 7.77. The topological polar surface area (TPSA) is 42.4 Å². The molecule has 0 aliphatic carbocycles. The van der Waals surface area contributed by atoms with Gasteiger partial charge in [-0.1, -0.05) is 0 Å². The first-order valence-electron chi connectivity index (χ1n) is 5.55. The molecule has 0 amide bonds. The Balaban J connectivity index is 1.84. The summed E-state index contributed by atoms with van der Waals surface area (Å²) in [4.78, 5) is 17.7. The Bertz CT molecular complexity index is 353. The van der Waals surface area contributed by atoms with Gasteiger partial charge >= 0.3 is 5.97 Å². The fourth-order valence-electron chi connectivity index (χ4n) is 1.93. The van der Waals surface area contributed by atoms with E-state index >= 15 is 0 Å². The maximum atomic E-state index is 11.6. The van der Waals surface area contributed by atoms with Gasteiger partial charge < -0.3 is 9.64 Å². The van der Waals surface area contributed by atoms with Crippen molar-refractivity contribution in [3.63, 3.8) is 0 Å². The molecule has 1 aliphatic rings. The summed E-state index contributed by atoms with van der Waals surface area (Å²) in [5.41, 5.74) is 0.517. The summed E-state index contributed by atoms with van der Waals surface area (Å²) in [6, 6.07) is 3.83. The number of hydrogen-bond acceptors (Lipinski definition) is 4. The lowest BCUT2D eigenvalue weighted by Gasteiger charge is -2.18. The van der Waals surface area contributed by atoms with Crippen LogP contribution in [0.5, 0.6) is 0 Å². The Morgan fingerprint density at radius 2 is 2.56 bits per heavy atom. The number of likely N-dealkylation sites (tertiary alicyclic amines) is 1. The summed E-state index contributed by atoms with van der Waals surface area (Å²) >= 11 is 0. The van der Waals surface area contributed by atoms with E-state index in [0.717, 1.165) is 13.0 Å². The van der Waals surface area contributed by atoms with E-state index < -0.39 is 0 Å². The Morgan fingerprint density at radius 3 is 3.19 bits per heavy atom. The van der Waals surface area contributed by atoms with Crippen LogP contribution in [0.25, 0.3) is 0 Å². The largest absolute Gasteiger partial charge is 0.460 e. The summed E-state index contributed by atoms with van der Waals surface area (Å²) < 4.78 is 5.26. The maximum Gasteiger partial charge on any atom is 0.339 e. The first-order valence-corrected chi connectivity index (χ1v) is 5.55. The van der Waals surface area contributed by atoms with Gasteiger partial charge in [0, 0.05) is 18.4 Å². The molecule has 1 fully saturated rings. The molecule has 0 radical (unpaired) electrons. The molecule has 4 heteroatoms. The zero-order chi connectivity index (χ0) is 11.4. The van der Waals surface area contributed by atoms with E-state index in [1.165, 1.54) is 12.6 Å². The van der Waals surface area contributed by atoms with Gasteiger partial charge in [0.05, 0.1) is 5.56 Å². The monoisotopic (exact) mass is 220 g/mol. The van der Waals surface area contributed by atoms with Gasteiger partial charge in [0.25, 0.3) is 0 Å². The molecule has 0 bridgehead atoms. The van der Waals surface area contributed by atoms with Gasteiger partial charge in [-0.25, -0.2) is 4.79 Å². The van der Waals surface area contributed by atoms with Crippen molar-refractivity contribution in [2.75, 3.05) is 20.2 Å². The maximum absolute atomic E-state index is 11.6. The Hall–Kier alpha value is -1.42. The average Bonchev–Trinajstić information content (AvgIpc) is 2.73. The molecule has 1 atom stereocenters. The molecule has 0 aromatic carbocycles. The van der Waals surface area contributed by atoms with Crippen molar-refractivity contribution in [2.45, 2.75) is 18.9 Å². The van der Waals surface area contributed by atoms with Crippen LogP contribution in [-0.4, -0.2) is 42.1 Å². The SMILES string of the molecule is CN1CCCC1COC(=O)c1cccnc1.